The van der Waals surface area contributed by atoms with Gasteiger partial charge in [-0.05, 0) is 119 Å². The number of rotatable bonds is 11. The number of aromatic nitrogens is 1. The number of nitrogens with one attached hydrogen (secondary N) is 3. The zero-order chi connectivity index (χ0) is 43.7. The minimum absolute atomic E-state index is 0.124. The number of nitrogens with zero attached hydrogens (tertiary/aromatic N) is 3. The first-order valence-corrected chi connectivity index (χ1v) is 22.4. The summed E-state index contributed by atoms with van der Waals surface area (Å²) in [4.78, 5) is 60.1. The average molecular weight is 869 g/mol. The van der Waals surface area contributed by atoms with E-state index in [0.29, 0.717) is 45.7 Å². The number of benzene rings is 3. The zero-order valence-corrected chi connectivity index (χ0v) is 35.7. The Morgan fingerprint density at radius 2 is 1.73 bits per heavy atom. The molecule has 1 aromatic heterocycles. The summed E-state index contributed by atoms with van der Waals surface area (Å²) in [7, 11) is 0. The van der Waals surface area contributed by atoms with Crippen LogP contribution in [0.5, 0.6) is 0 Å². The summed E-state index contributed by atoms with van der Waals surface area (Å²) in [6, 6.07) is 12.8. The third kappa shape index (κ3) is 8.14. The number of amides is 4. The van der Waals surface area contributed by atoms with E-state index >= 15 is 0 Å². The highest BCUT2D eigenvalue weighted by Gasteiger charge is 2.52. The van der Waals surface area contributed by atoms with Gasteiger partial charge in [-0.3, -0.25) is 29.4 Å². The summed E-state index contributed by atoms with van der Waals surface area (Å²) < 4.78 is 40.8. The summed E-state index contributed by atoms with van der Waals surface area (Å²) >= 11 is 1.57. The Hall–Kier alpha value is -5.12. The maximum atomic E-state index is 13.6. The molecule has 2 saturated heterocycles. The molecule has 3 aromatic carbocycles. The smallest absolute Gasteiger partial charge is 0.386 e. The number of thiazole rings is 1. The Morgan fingerprint density at radius 3 is 2.44 bits per heavy atom. The van der Waals surface area contributed by atoms with Gasteiger partial charge < -0.3 is 20.6 Å². The number of piperidine rings is 1. The number of anilines is 2. The van der Waals surface area contributed by atoms with Crippen LogP contribution in [-0.4, -0.2) is 75.7 Å². The zero-order valence-electron chi connectivity index (χ0n) is 34.9. The number of aliphatic hydroxyl groups is 1. The van der Waals surface area contributed by atoms with E-state index in [-0.39, 0.29) is 30.2 Å². The quantitative estimate of drug-likeness (QED) is 0.110. The van der Waals surface area contributed by atoms with E-state index in [1.807, 2.05) is 18.2 Å². The molecule has 2 saturated carbocycles. The summed E-state index contributed by atoms with van der Waals surface area (Å²) in [5, 5.41) is 20.7. The van der Waals surface area contributed by atoms with E-state index in [4.69, 9.17) is 4.98 Å². The van der Waals surface area contributed by atoms with Crippen LogP contribution < -0.4 is 16.0 Å². The number of hydrogen-bond acceptors (Lipinski definition) is 9. The molecular formula is C47H51F3N6O5S. The monoisotopic (exact) mass is 868 g/mol. The fourth-order valence-corrected chi connectivity index (χ4v) is 11.8. The highest BCUT2D eigenvalue weighted by Crippen LogP contribution is 2.54. The van der Waals surface area contributed by atoms with Crippen molar-refractivity contribution in [3.05, 3.63) is 94.0 Å². The lowest BCUT2D eigenvalue weighted by Crippen LogP contribution is -2.63. The van der Waals surface area contributed by atoms with Crippen molar-refractivity contribution < 1.29 is 37.5 Å². The van der Waals surface area contributed by atoms with Gasteiger partial charge in [0.05, 0.1) is 32.0 Å². The van der Waals surface area contributed by atoms with Gasteiger partial charge in [0.2, 0.25) is 11.8 Å². The van der Waals surface area contributed by atoms with E-state index in [1.54, 1.807) is 37.3 Å². The number of hydrogen-bond donors (Lipinski definition) is 4. The summed E-state index contributed by atoms with van der Waals surface area (Å²) in [6.07, 6.45) is 3.66. The normalized spacial score (nSPS) is 23.0. The maximum Gasteiger partial charge on any atom is 0.416 e. The van der Waals surface area contributed by atoms with Gasteiger partial charge >= 0.3 is 6.18 Å². The summed E-state index contributed by atoms with van der Waals surface area (Å²) in [5.41, 5.74) is 2.05. The Morgan fingerprint density at radius 1 is 0.984 bits per heavy atom. The highest BCUT2D eigenvalue weighted by atomic mass is 32.1. The second-order valence-electron chi connectivity index (χ2n) is 18.7. The maximum absolute atomic E-state index is 13.6. The van der Waals surface area contributed by atoms with Gasteiger partial charge in [-0.1, -0.05) is 24.8 Å². The highest BCUT2D eigenvalue weighted by molar-refractivity contribution is 7.18. The molecule has 0 radical (unpaired) electrons. The third-order valence-electron chi connectivity index (χ3n) is 13.7. The second kappa shape index (κ2) is 15.9. The van der Waals surface area contributed by atoms with E-state index < -0.39 is 35.2 Å². The Balaban J connectivity index is 0.735. The van der Waals surface area contributed by atoms with Crippen LogP contribution in [-0.2, 0) is 21.4 Å². The van der Waals surface area contributed by atoms with Crippen molar-refractivity contribution in [1.29, 1.82) is 0 Å². The van der Waals surface area contributed by atoms with Crippen molar-refractivity contribution in [2.75, 3.05) is 36.8 Å². The van der Waals surface area contributed by atoms with Crippen LogP contribution in [0.15, 0.2) is 61.2 Å². The van der Waals surface area contributed by atoms with Crippen LogP contribution in [0.3, 0.4) is 0 Å². The molecule has 2 aliphatic carbocycles. The molecule has 0 bridgehead atoms. The van der Waals surface area contributed by atoms with Gasteiger partial charge in [-0.25, -0.2) is 4.98 Å². The fraction of sp³-hybridized carbons (Fsp3) is 0.468. The number of carbonyl (C=O) groups excluding carboxylic acids is 4. The molecule has 15 heteroatoms. The summed E-state index contributed by atoms with van der Waals surface area (Å²) in [6.45, 7) is 11.5. The Bertz CT molecular complexity index is 2470. The molecule has 62 heavy (non-hydrogen) atoms. The third-order valence-corrected chi connectivity index (χ3v) is 14.8. The van der Waals surface area contributed by atoms with Crippen molar-refractivity contribution in [2.45, 2.75) is 95.4 Å². The van der Waals surface area contributed by atoms with Crippen molar-refractivity contribution >= 4 is 62.3 Å². The van der Waals surface area contributed by atoms with Crippen molar-refractivity contribution in [1.82, 2.24) is 20.1 Å². The van der Waals surface area contributed by atoms with Gasteiger partial charge in [0, 0.05) is 72.3 Å². The lowest BCUT2D eigenvalue weighted by molar-refractivity contribution is -0.138. The number of fused-ring (bicyclic) bond motifs is 2. The number of halogens is 3. The van der Waals surface area contributed by atoms with Crippen molar-refractivity contribution in [2.24, 2.45) is 17.3 Å². The number of imide groups is 1. The first-order chi connectivity index (χ1) is 29.4. The second-order valence-corrected chi connectivity index (χ2v) is 19.8. The Labute approximate surface area is 362 Å². The average Bonchev–Trinajstić information content (AvgIpc) is 3.73. The largest absolute Gasteiger partial charge is 0.416 e. The van der Waals surface area contributed by atoms with Gasteiger partial charge in [0.15, 0.2) is 0 Å². The van der Waals surface area contributed by atoms with Gasteiger partial charge in [0.25, 0.3) is 11.8 Å². The van der Waals surface area contributed by atoms with Crippen molar-refractivity contribution in [3.8, 4) is 0 Å². The first-order valence-electron chi connectivity index (χ1n) is 21.6. The molecule has 4 fully saturated rings. The van der Waals surface area contributed by atoms with Crippen LogP contribution in [0.2, 0.25) is 0 Å². The van der Waals surface area contributed by atoms with Crippen LogP contribution >= 0.6 is 11.3 Å². The minimum Gasteiger partial charge on any atom is -0.386 e. The van der Waals surface area contributed by atoms with Gasteiger partial charge in [0.1, 0.15) is 6.04 Å². The van der Waals surface area contributed by atoms with Crippen LogP contribution in [0.4, 0.5) is 24.5 Å². The fourth-order valence-electron chi connectivity index (χ4n) is 10.6. The van der Waals surface area contributed by atoms with E-state index in [0.717, 1.165) is 96.9 Å². The number of carbonyl (C=O) groups is 4. The topological polar surface area (TPSA) is 144 Å². The molecule has 4 heterocycles. The predicted molar refractivity (Wildman–Crippen MR) is 231 cm³/mol. The minimum atomic E-state index is -4.58. The molecule has 3 aliphatic heterocycles. The number of likely N-dealkylation sites (tertiary alicyclic amines) is 1. The van der Waals surface area contributed by atoms with E-state index in [9.17, 15) is 37.5 Å². The molecule has 4 N–H and O–H groups in total. The molecule has 1 unspecified atom stereocenters. The van der Waals surface area contributed by atoms with Crippen LogP contribution in [0.1, 0.15) is 120 Å². The SMILES string of the molecule is C=C1c2cccc(NCCC3CC4(C3)CN(CC3CCC(c5nc6cc(C(C)(C)O)c(NC(=O)c7cccc(C(F)(F)F)c7)cc6s5)CC3)C4)c2C(=O)N1C1CCC(=O)NC1=O. The molecular weight excluding hydrogens is 818 g/mol. The first kappa shape index (κ1) is 42.2. The predicted octanol–water partition coefficient (Wildman–Crippen LogP) is 8.51. The van der Waals surface area contributed by atoms with Crippen LogP contribution in [0, 0.1) is 17.3 Å². The molecule has 4 aromatic rings. The standard InChI is InChI=1S/C47H51F3N6O5S/c1-26-32-8-5-9-34(40(32)44(60)56(26)37-14-15-39(57)54-42(37)59)51-17-16-28-21-46(22-28)24-55(25-46)23-27-10-12-29(13-11-27)43-53-36-19-33(45(2,3)61)35(20-38(36)62-43)52-41(58)30-6-4-7-31(18-30)47(48,49)50/h4-9,18-20,27-29,37,51,61H,1,10-17,21-25H2,2-3H3,(H,52,58)(H,54,57,59). The van der Waals surface area contributed by atoms with Gasteiger partial charge in [-0.2, -0.15) is 13.2 Å². The molecule has 1 atom stereocenters. The molecule has 4 amide bonds. The van der Waals surface area contributed by atoms with E-state index in [2.05, 4.69) is 27.4 Å². The van der Waals surface area contributed by atoms with Gasteiger partial charge in [-0.15, -0.1) is 11.3 Å². The Kier molecular flexibility index (Phi) is 10.8. The van der Waals surface area contributed by atoms with Crippen molar-refractivity contribution in [3.63, 3.8) is 0 Å². The summed E-state index contributed by atoms with van der Waals surface area (Å²) in [5.74, 6) is -0.141. The van der Waals surface area contributed by atoms with E-state index in [1.165, 1.54) is 29.9 Å². The van der Waals surface area contributed by atoms with Crippen LogP contribution in [0.25, 0.3) is 15.9 Å². The molecule has 5 aliphatic rings. The number of alkyl halides is 3. The molecule has 1 spiro atoms. The molecule has 9 rings (SSSR count). The molecule has 11 nitrogen and oxygen atoms in total. The lowest BCUT2D eigenvalue weighted by atomic mass is 9.57. The molecule has 326 valence electrons. The lowest BCUT2D eigenvalue weighted by Gasteiger charge is -2.60.